The van der Waals surface area contributed by atoms with Crippen molar-refractivity contribution >= 4 is 11.6 Å². The molecule has 0 bridgehead atoms. The van der Waals surface area contributed by atoms with E-state index in [1.54, 1.807) is 19.1 Å². The first-order valence-corrected chi connectivity index (χ1v) is 6.24. The van der Waals surface area contributed by atoms with Crippen LogP contribution in [0.1, 0.15) is 12.5 Å². The first-order chi connectivity index (χ1) is 9.13. The first kappa shape index (κ1) is 13.5. The van der Waals surface area contributed by atoms with Gasteiger partial charge in [-0.15, -0.1) is 0 Å². The molecule has 0 saturated carbocycles. The summed E-state index contributed by atoms with van der Waals surface area (Å²) in [5, 5.41) is 9.75. The van der Waals surface area contributed by atoms with Crippen molar-refractivity contribution in [1.29, 1.82) is 0 Å². The van der Waals surface area contributed by atoms with Gasteiger partial charge >= 0.3 is 0 Å². The van der Waals surface area contributed by atoms with Crippen molar-refractivity contribution in [2.75, 3.05) is 0 Å². The summed E-state index contributed by atoms with van der Waals surface area (Å²) in [6.07, 6.45) is -0.620. The van der Waals surface area contributed by atoms with E-state index in [4.69, 9.17) is 21.4 Å². The fourth-order valence-corrected chi connectivity index (χ4v) is 1.56. The summed E-state index contributed by atoms with van der Waals surface area (Å²) in [4.78, 5) is 0. The molecule has 3 heteroatoms. The summed E-state index contributed by atoms with van der Waals surface area (Å²) in [5.74, 6) is 7.01. The van der Waals surface area contributed by atoms with Gasteiger partial charge in [0.25, 0.3) is 0 Å². The van der Waals surface area contributed by atoms with Crippen LogP contribution in [0.3, 0.4) is 0 Å². The molecule has 2 aromatic carbocycles. The minimum Gasteiger partial charge on any atom is -0.457 e. The number of hydrogen-bond acceptors (Lipinski definition) is 2. The lowest BCUT2D eigenvalue weighted by molar-refractivity contribution is 0.253. The normalized spacial score (nSPS) is 11.3. The van der Waals surface area contributed by atoms with Crippen LogP contribution in [-0.4, -0.2) is 11.2 Å². The molecule has 96 valence electrons. The summed E-state index contributed by atoms with van der Waals surface area (Å²) in [6, 6.07) is 14.5. The second-order valence-corrected chi connectivity index (χ2v) is 4.46. The smallest absolute Gasteiger partial charge is 0.127 e. The van der Waals surface area contributed by atoms with E-state index in [1.807, 2.05) is 36.4 Å². The van der Waals surface area contributed by atoms with Gasteiger partial charge in [-0.2, -0.15) is 0 Å². The average Bonchev–Trinajstić information content (AvgIpc) is 2.40. The Bertz CT molecular complexity index is 589. The Balaban J connectivity index is 2.07. The Morgan fingerprint density at radius 3 is 2.05 bits per heavy atom. The van der Waals surface area contributed by atoms with Gasteiger partial charge in [0.15, 0.2) is 0 Å². The minimum atomic E-state index is -0.620. The number of hydrogen-bond donors (Lipinski definition) is 1. The molecule has 0 radical (unpaired) electrons. The second kappa shape index (κ2) is 6.29. The summed E-state index contributed by atoms with van der Waals surface area (Å²) in [7, 11) is 0. The lowest BCUT2D eigenvalue weighted by Gasteiger charge is -2.05. The standard InChI is InChI=1S/C16H13ClO2/c1-12(18)2-3-13-4-8-15(9-5-13)19-16-10-6-14(17)7-11-16/h4-12,18H,1H3. The Kier molecular flexibility index (Phi) is 4.46. The Morgan fingerprint density at radius 1 is 1.00 bits per heavy atom. The maximum absolute atomic E-state index is 9.08. The fraction of sp³-hybridized carbons (Fsp3) is 0.125. The van der Waals surface area contributed by atoms with Crippen LogP contribution in [0.25, 0.3) is 0 Å². The van der Waals surface area contributed by atoms with Crippen LogP contribution >= 0.6 is 11.6 Å². The van der Waals surface area contributed by atoms with Crippen molar-refractivity contribution in [2.24, 2.45) is 0 Å². The summed E-state index contributed by atoms with van der Waals surface area (Å²) >= 11 is 5.80. The highest BCUT2D eigenvalue weighted by Gasteiger charge is 1.97. The van der Waals surface area contributed by atoms with Crippen LogP contribution in [-0.2, 0) is 0 Å². The maximum Gasteiger partial charge on any atom is 0.127 e. The summed E-state index contributed by atoms with van der Waals surface area (Å²) in [5.41, 5.74) is 0.837. The van der Waals surface area contributed by atoms with Crippen molar-refractivity contribution in [3.8, 4) is 23.3 Å². The number of aliphatic hydroxyl groups is 1. The lowest BCUT2D eigenvalue weighted by atomic mass is 10.2. The van der Waals surface area contributed by atoms with Gasteiger partial charge in [0.05, 0.1) is 0 Å². The van der Waals surface area contributed by atoms with Gasteiger partial charge in [-0.3, -0.25) is 0 Å². The number of rotatable bonds is 2. The van der Waals surface area contributed by atoms with E-state index in [1.165, 1.54) is 0 Å². The largest absolute Gasteiger partial charge is 0.457 e. The molecule has 0 spiro atoms. The third kappa shape index (κ3) is 4.33. The van der Waals surface area contributed by atoms with E-state index in [9.17, 15) is 0 Å². The lowest BCUT2D eigenvalue weighted by Crippen LogP contribution is -1.92. The van der Waals surface area contributed by atoms with Crippen LogP contribution in [0.2, 0.25) is 5.02 Å². The molecule has 0 heterocycles. The van der Waals surface area contributed by atoms with Gasteiger partial charge < -0.3 is 9.84 Å². The van der Waals surface area contributed by atoms with Crippen molar-refractivity contribution in [2.45, 2.75) is 13.0 Å². The predicted molar refractivity (Wildman–Crippen MR) is 76.5 cm³/mol. The van der Waals surface area contributed by atoms with Crippen molar-refractivity contribution < 1.29 is 9.84 Å². The van der Waals surface area contributed by atoms with E-state index in [2.05, 4.69) is 11.8 Å². The van der Waals surface area contributed by atoms with Gasteiger partial charge in [-0.05, 0) is 55.5 Å². The van der Waals surface area contributed by atoms with E-state index in [0.29, 0.717) is 5.02 Å². The van der Waals surface area contributed by atoms with Gasteiger partial charge in [-0.1, -0.05) is 23.4 Å². The van der Waals surface area contributed by atoms with Crippen LogP contribution < -0.4 is 4.74 Å². The average molecular weight is 273 g/mol. The van der Waals surface area contributed by atoms with E-state index in [0.717, 1.165) is 17.1 Å². The van der Waals surface area contributed by atoms with E-state index < -0.39 is 6.10 Å². The number of ether oxygens (including phenoxy) is 1. The molecule has 0 saturated heterocycles. The van der Waals surface area contributed by atoms with Crippen LogP contribution in [0, 0.1) is 11.8 Å². The third-order valence-corrected chi connectivity index (χ3v) is 2.58. The van der Waals surface area contributed by atoms with Crippen LogP contribution in [0.5, 0.6) is 11.5 Å². The summed E-state index contributed by atoms with van der Waals surface area (Å²) in [6.45, 7) is 1.63. The predicted octanol–water partition coefficient (Wildman–Crippen LogP) is 3.86. The molecule has 1 atom stereocenters. The van der Waals surface area contributed by atoms with Gasteiger partial charge in [0.1, 0.15) is 17.6 Å². The highest BCUT2D eigenvalue weighted by atomic mass is 35.5. The molecular weight excluding hydrogens is 260 g/mol. The zero-order valence-electron chi connectivity index (χ0n) is 10.4. The van der Waals surface area contributed by atoms with Crippen molar-refractivity contribution in [3.63, 3.8) is 0 Å². The fourth-order valence-electron chi connectivity index (χ4n) is 1.43. The maximum atomic E-state index is 9.08. The Labute approximate surface area is 117 Å². The molecule has 0 aliphatic carbocycles. The third-order valence-electron chi connectivity index (χ3n) is 2.33. The molecule has 1 unspecified atom stereocenters. The second-order valence-electron chi connectivity index (χ2n) is 4.03. The molecule has 2 aromatic rings. The van der Waals surface area contributed by atoms with Crippen LogP contribution in [0.15, 0.2) is 48.5 Å². The molecule has 2 rings (SSSR count). The van der Waals surface area contributed by atoms with Gasteiger partial charge in [0.2, 0.25) is 0 Å². The van der Waals surface area contributed by atoms with Gasteiger partial charge in [-0.25, -0.2) is 0 Å². The van der Waals surface area contributed by atoms with Crippen molar-refractivity contribution in [1.82, 2.24) is 0 Å². The number of aliphatic hydroxyl groups excluding tert-OH is 1. The first-order valence-electron chi connectivity index (χ1n) is 5.86. The SMILES string of the molecule is CC(O)C#Cc1ccc(Oc2ccc(Cl)cc2)cc1. The van der Waals surface area contributed by atoms with E-state index in [-0.39, 0.29) is 0 Å². The van der Waals surface area contributed by atoms with Crippen LogP contribution in [0.4, 0.5) is 0 Å². The molecule has 0 aliphatic rings. The van der Waals surface area contributed by atoms with Crippen molar-refractivity contribution in [3.05, 3.63) is 59.1 Å². The number of benzene rings is 2. The molecule has 0 amide bonds. The topological polar surface area (TPSA) is 29.5 Å². The molecule has 0 aliphatic heterocycles. The molecule has 0 fully saturated rings. The number of halogens is 1. The highest BCUT2D eigenvalue weighted by molar-refractivity contribution is 6.30. The molecule has 19 heavy (non-hydrogen) atoms. The monoisotopic (exact) mass is 272 g/mol. The highest BCUT2D eigenvalue weighted by Crippen LogP contribution is 2.23. The molecular formula is C16H13ClO2. The molecule has 0 aromatic heterocycles. The summed E-state index contributed by atoms with van der Waals surface area (Å²) < 4.78 is 5.66. The zero-order chi connectivity index (χ0) is 13.7. The molecule has 2 nitrogen and oxygen atoms in total. The molecule has 1 N–H and O–H groups in total. The minimum absolute atomic E-state index is 0.620. The Hall–Kier alpha value is -1.95. The quantitative estimate of drug-likeness (QED) is 0.841. The Morgan fingerprint density at radius 2 is 1.53 bits per heavy atom. The zero-order valence-corrected chi connectivity index (χ0v) is 11.2. The van der Waals surface area contributed by atoms with Gasteiger partial charge in [0, 0.05) is 10.6 Å². The van der Waals surface area contributed by atoms with E-state index >= 15 is 0 Å².